The third kappa shape index (κ3) is 3.34. The van der Waals surface area contributed by atoms with Gasteiger partial charge in [-0.05, 0) is 19.9 Å². The quantitative estimate of drug-likeness (QED) is 0.762. The van der Waals surface area contributed by atoms with Gasteiger partial charge in [-0.1, -0.05) is 0 Å². The molecule has 0 aliphatic carbocycles. The van der Waals surface area contributed by atoms with Gasteiger partial charge < -0.3 is 20.2 Å². The van der Waals surface area contributed by atoms with Crippen LogP contribution in [0.25, 0.3) is 0 Å². The number of furan rings is 1. The highest BCUT2D eigenvalue weighted by molar-refractivity contribution is 5.98. The van der Waals surface area contributed by atoms with Crippen LogP contribution in [0.4, 0.5) is 0 Å². The fraction of sp³-hybridized carbons (Fsp3) is 0.364. The average Bonchev–Trinajstić information content (AvgIpc) is 2.54. The van der Waals surface area contributed by atoms with E-state index in [2.05, 4.69) is 0 Å². The summed E-state index contributed by atoms with van der Waals surface area (Å²) in [5, 5.41) is 8.70. The lowest BCUT2D eigenvalue weighted by molar-refractivity contribution is -0.138. The third-order valence-corrected chi connectivity index (χ3v) is 2.23. The molecular formula is C11H14N2O5. The number of nitrogens with zero attached hydrogens (tertiary/aromatic N) is 1. The second-order valence-electron chi connectivity index (χ2n) is 3.85. The van der Waals surface area contributed by atoms with Crippen molar-refractivity contribution in [2.24, 2.45) is 5.73 Å². The summed E-state index contributed by atoms with van der Waals surface area (Å²) in [6, 6.07) is 1.49. The molecule has 7 nitrogen and oxygen atoms in total. The molecule has 0 saturated carbocycles. The van der Waals surface area contributed by atoms with Crippen LogP contribution in [0, 0.1) is 13.8 Å². The second kappa shape index (κ2) is 5.35. The van der Waals surface area contributed by atoms with Gasteiger partial charge in [-0.2, -0.15) is 0 Å². The molecule has 1 heterocycles. The summed E-state index contributed by atoms with van der Waals surface area (Å²) in [4.78, 5) is 34.4. The summed E-state index contributed by atoms with van der Waals surface area (Å²) in [5.41, 5.74) is 5.21. The van der Waals surface area contributed by atoms with E-state index in [9.17, 15) is 14.4 Å². The van der Waals surface area contributed by atoms with Gasteiger partial charge in [-0.15, -0.1) is 0 Å². The molecule has 0 aliphatic rings. The number of carboxylic acid groups (broad SMARTS) is 1. The molecule has 18 heavy (non-hydrogen) atoms. The number of rotatable bonds is 5. The molecule has 1 aromatic heterocycles. The van der Waals surface area contributed by atoms with Crippen LogP contribution in [0.15, 0.2) is 10.5 Å². The van der Waals surface area contributed by atoms with Crippen molar-refractivity contribution in [3.05, 3.63) is 23.2 Å². The summed E-state index contributed by atoms with van der Waals surface area (Å²) in [6.07, 6.45) is 0. The van der Waals surface area contributed by atoms with Crippen LogP contribution in [0.1, 0.15) is 21.9 Å². The largest absolute Gasteiger partial charge is 0.480 e. The molecule has 7 heteroatoms. The van der Waals surface area contributed by atoms with Crippen LogP contribution < -0.4 is 5.73 Å². The van der Waals surface area contributed by atoms with Gasteiger partial charge in [0.2, 0.25) is 5.91 Å². The van der Waals surface area contributed by atoms with E-state index in [1.165, 1.54) is 6.07 Å². The van der Waals surface area contributed by atoms with E-state index >= 15 is 0 Å². The molecule has 98 valence electrons. The van der Waals surface area contributed by atoms with Gasteiger partial charge in [-0.25, -0.2) is 0 Å². The smallest absolute Gasteiger partial charge is 0.323 e. The lowest BCUT2D eigenvalue weighted by Crippen LogP contribution is -2.41. The second-order valence-corrected chi connectivity index (χ2v) is 3.85. The van der Waals surface area contributed by atoms with Crippen LogP contribution in [-0.2, 0) is 9.59 Å². The fourth-order valence-corrected chi connectivity index (χ4v) is 1.56. The molecule has 1 aromatic rings. The Bertz CT molecular complexity index is 476. The summed E-state index contributed by atoms with van der Waals surface area (Å²) >= 11 is 0. The highest BCUT2D eigenvalue weighted by atomic mass is 16.4. The lowest BCUT2D eigenvalue weighted by atomic mass is 10.2. The first-order valence-corrected chi connectivity index (χ1v) is 5.17. The number of nitrogens with two attached hydrogens (primary N) is 1. The van der Waals surface area contributed by atoms with Crippen LogP contribution in [0.2, 0.25) is 0 Å². The topological polar surface area (TPSA) is 114 Å². The Balaban J connectivity index is 2.97. The molecule has 0 unspecified atom stereocenters. The van der Waals surface area contributed by atoms with Crippen LogP contribution >= 0.6 is 0 Å². The minimum Gasteiger partial charge on any atom is -0.480 e. The van der Waals surface area contributed by atoms with Crippen LogP contribution in [0.5, 0.6) is 0 Å². The number of hydrogen-bond acceptors (Lipinski definition) is 4. The molecule has 0 fully saturated rings. The molecular weight excluding hydrogens is 240 g/mol. The summed E-state index contributed by atoms with van der Waals surface area (Å²) in [6.45, 7) is 2.21. The number of carboxylic acids is 1. The standard InChI is InChI=1S/C11H14N2O5/c1-6-3-8(7(2)18-6)11(17)13(4-9(12)14)5-10(15)16/h3H,4-5H2,1-2H3,(H2,12,14)(H,15,16). The fourth-order valence-electron chi connectivity index (χ4n) is 1.56. The van der Waals surface area contributed by atoms with E-state index in [1.54, 1.807) is 13.8 Å². The van der Waals surface area contributed by atoms with E-state index in [1.807, 2.05) is 0 Å². The maximum atomic E-state index is 12.0. The van der Waals surface area contributed by atoms with Gasteiger partial charge in [0, 0.05) is 0 Å². The normalized spacial score (nSPS) is 10.1. The number of carbonyl (C=O) groups excluding carboxylic acids is 2. The van der Waals surface area contributed by atoms with Crippen LogP contribution in [-0.4, -0.2) is 40.9 Å². The number of hydrogen-bond donors (Lipinski definition) is 2. The monoisotopic (exact) mass is 254 g/mol. The van der Waals surface area contributed by atoms with E-state index in [0.29, 0.717) is 11.5 Å². The number of primary amides is 1. The molecule has 0 radical (unpaired) electrons. The highest BCUT2D eigenvalue weighted by Gasteiger charge is 2.23. The van der Waals surface area contributed by atoms with Crippen molar-refractivity contribution in [2.75, 3.05) is 13.1 Å². The van der Waals surface area contributed by atoms with Gasteiger partial charge in [0.15, 0.2) is 0 Å². The zero-order valence-corrected chi connectivity index (χ0v) is 10.1. The first kappa shape index (κ1) is 13.8. The third-order valence-electron chi connectivity index (χ3n) is 2.23. The van der Waals surface area contributed by atoms with Crippen molar-refractivity contribution in [1.82, 2.24) is 4.90 Å². The van der Waals surface area contributed by atoms with E-state index in [4.69, 9.17) is 15.3 Å². The number of aryl methyl sites for hydroxylation is 2. The molecule has 3 N–H and O–H groups in total. The molecule has 0 spiro atoms. The minimum atomic E-state index is -1.22. The maximum Gasteiger partial charge on any atom is 0.323 e. The molecule has 1 rings (SSSR count). The summed E-state index contributed by atoms with van der Waals surface area (Å²) < 4.78 is 5.18. The predicted octanol–water partition coefficient (Wildman–Crippen LogP) is -0.0915. The molecule has 0 atom stereocenters. The van der Waals surface area contributed by atoms with Crippen LogP contribution in [0.3, 0.4) is 0 Å². The van der Waals surface area contributed by atoms with E-state index in [0.717, 1.165) is 4.90 Å². The molecule has 0 bridgehead atoms. The number of carbonyl (C=O) groups is 3. The zero-order chi connectivity index (χ0) is 13.9. The Kier molecular flexibility index (Phi) is 4.09. The Morgan fingerprint density at radius 3 is 2.33 bits per heavy atom. The van der Waals surface area contributed by atoms with Crippen molar-refractivity contribution in [3.8, 4) is 0 Å². The highest BCUT2D eigenvalue weighted by Crippen LogP contribution is 2.15. The maximum absolute atomic E-state index is 12.0. The Hall–Kier alpha value is -2.31. The first-order valence-electron chi connectivity index (χ1n) is 5.17. The lowest BCUT2D eigenvalue weighted by Gasteiger charge is -2.18. The SMILES string of the molecule is Cc1cc(C(=O)N(CC(N)=O)CC(=O)O)c(C)o1. The minimum absolute atomic E-state index is 0.231. The van der Waals surface area contributed by atoms with Crippen molar-refractivity contribution in [2.45, 2.75) is 13.8 Å². The average molecular weight is 254 g/mol. The Morgan fingerprint density at radius 1 is 1.33 bits per heavy atom. The first-order chi connectivity index (χ1) is 8.31. The summed E-state index contributed by atoms with van der Waals surface area (Å²) in [5.74, 6) is -1.68. The van der Waals surface area contributed by atoms with Gasteiger partial charge in [-0.3, -0.25) is 14.4 Å². The van der Waals surface area contributed by atoms with Gasteiger partial charge in [0.05, 0.1) is 5.56 Å². The Morgan fingerprint density at radius 2 is 1.94 bits per heavy atom. The van der Waals surface area contributed by atoms with Crippen molar-refractivity contribution >= 4 is 17.8 Å². The van der Waals surface area contributed by atoms with Crippen molar-refractivity contribution in [3.63, 3.8) is 0 Å². The van der Waals surface area contributed by atoms with E-state index < -0.39 is 30.9 Å². The zero-order valence-electron chi connectivity index (χ0n) is 10.1. The predicted molar refractivity (Wildman–Crippen MR) is 60.9 cm³/mol. The molecule has 0 aromatic carbocycles. The number of aliphatic carboxylic acids is 1. The van der Waals surface area contributed by atoms with Gasteiger partial charge in [0.25, 0.3) is 5.91 Å². The van der Waals surface area contributed by atoms with Crippen molar-refractivity contribution < 1.29 is 23.9 Å². The van der Waals surface area contributed by atoms with Gasteiger partial charge >= 0.3 is 5.97 Å². The Labute approximate surface area is 103 Å². The molecule has 0 saturated heterocycles. The number of amides is 2. The summed E-state index contributed by atoms with van der Waals surface area (Å²) in [7, 11) is 0. The molecule has 0 aliphatic heterocycles. The van der Waals surface area contributed by atoms with Crippen molar-refractivity contribution in [1.29, 1.82) is 0 Å². The molecule has 2 amide bonds. The van der Waals surface area contributed by atoms with Gasteiger partial charge in [0.1, 0.15) is 24.6 Å². The van der Waals surface area contributed by atoms with E-state index in [-0.39, 0.29) is 5.56 Å².